The lowest BCUT2D eigenvalue weighted by atomic mass is 10.1. The SMILES string of the molecule is CCn1c(=O)[nH]c(=O)c2c(C(=O)Nc3ccc(NC(C)=O)c(OC)c3)cc(C3CC3)nc21. The van der Waals surface area contributed by atoms with Crippen molar-refractivity contribution >= 4 is 34.2 Å². The summed E-state index contributed by atoms with van der Waals surface area (Å²) in [6.07, 6.45) is 1.89. The molecule has 0 atom stereocenters. The number of benzene rings is 1. The molecule has 4 rings (SSSR count). The molecule has 3 aromatic rings. The average molecular weight is 437 g/mol. The highest BCUT2D eigenvalue weighted by Crippen LogP contribution is 2.40. The number of amides is 2. The molecule has 1 aromatic carbocycles. The largest absolute Gasteiger partial charge is 0.494 e. The van der Waals surface area contributed by atoms with E-state index in [1.165, 1.54) is 18.6 Å². The van der Waals surface area contributed by atoms with Gasteiger partial charge < -0.3 is 15.4 Å². The molecule has 32 heavy (non-hydrogen) atoms. The first-order valence-electron chi connectivity index (χ1n) is 10.3. The Bertz CT molecular complexity index is 1350. The van der Waals surface area contributed by atoms with E-state index >= 15 is 0 Å². The first-order chi connectivity index (χ1) is 15.3. The highest BCUT2D eigenvalue weighted by Gasteiger charge is 2.28. The van der Waals surface area contributed by atoms with Gasteiger partial charge in [-0.05, 0) is 38.0 Å². The summed E-state index contributed by atoms with van der Waals surface area (Å²) < 4.78 is 6.65. The Labute approximate surface area is 182 Å². The first-order valence-corrected chi connectivity index (χ1v) is 10.3. The van der Waals surface area contributed by atoms with Gasteiger partial charge in [0.2, 0.25) is 5.91 Å². The average Bonchev–Trinajstić information content (AvgIpc) is 3.59. The molecule has 1 fully saturated rings. The van der Waals surface area contributed by atoms with Gasteiger partial charge in [0.1, 0.15) is 5.75 Å². The van der Waals surface area contributed by atoms with Gasteiger partial charge in [-0.3, -0.25) is 23.9 Å². The van der Waals surface area contributed by atoms with E-state index in [0.717, 1.165) is 12.8 Å². The molecular weight excluding hydrogens is 414 g/mol. The fourth-order valence-corrected chi connectivity index (χ4v) is 3.61. The smallest absolute Gasteiger partial charge is 0.329 e. The lowest BCUT2D eigenvalue weighted by Gasteiger charge is -2.14. The molecule has 1 aliphatic rings. The molecule has 2 amide bonds. The maximum atomic E-state index is 13.2. The number of carbonyl (C=O) groups excluding carboxylic acids is 2. The van der Waals surface area contributed by atoms with Crippen molar-refractivity contribution in [2.24, 2.45) is 0 Å². The molecule has 0 saturated heterocycles. The second-order valence-electron chi connectivity index (χ2n) is 7.62. The van der Waals surface area contributed by atoms with E-state index in [2.05, 4.69) is 20.6 Å². The molecule has 0 unspecified atom stereocenters. The van der Waals surface area contributed by atoms with Gasteiger partial charge in [-0.25, -0.2) is 9.78 Å². The van der Waals surface area contributed by atoms with E-state index < -0.39 is 17.2 Å². The summed E-state index contributed by atoms with van der Waals surface area (Å²) in [5, 5.41) is 5.49. The monoisotopic (exact) mass is 437 g/mol. The standard InChI is InChI=1S/C22H23N5O5/c1-4-27-19-18(21(30)26-22(27)31)14(10-16(25-19)12-5-6-12)20(29)24-13-7-8-15(23-11(2)28)17(9-13)32-3/h7-10,12H,4-6H2,1-3H3,(H,23,28)(H,24,29)(H,26,30,31). The van der Waals surface area contributed by atoms with Gasteiger partial charge in [-0.15, -0.1) is 0 Å². The normalized spacial score (nSPS) is 13.1. The second kappa shape index (κ2) is 8.29. The third-order valence-electron chi connectivity index (χ3n) is 5.30. The lowest BCUT2D eigenvalue weighted by Crippen LogP contribution is -2.32. The summed E-state index contributed by atoms with van der Waals surface area (Å²) in [6.45, 7) is 3.46. The van der Waals surface area contributed by atoms with Gasteiger partial charge in [0.15, 0.2) is 5.65 Å². The van der Waals surface area contributed by atoms with Crippen LogP contribution in [0.4, 0.5) is 11.4 Å². The summed E-state index contributed by atoms with van der Waals surface area (Å²) in [5.41, 5.74) is 0.697. The minimum Gasteiger partial charge on any atom is -0.494 e. The van der Waals surface area contributed by atoms with Gasteiger partial charge in [-0.1, -0.05) is 0 Å². The number of rotatable bonds is 6. The van der Waals surface area contributed by atoms with Crippen LogP contribution in [0.25, 0.3) is 11.0 Å². The van der Waals surface area contributed by atoms with Crippen molar-refractivity contribution < 1.29 is 14.3 Å². The minimum absolute atomic E-state index is 0.0650. The second-order valence-corrected chi connectivity index (χ2v) is 7.62. The lowest BCUT2D eigenvalue weighted by molar-refractivity contribution is -0.114. The molecule has 2 heterocycles. The number of nitrogens with zero attached hydrogens (tertiary/aromatic N) is 2. The zero-order valence-corrected chi connectivity index (χ0v) is 17.9. The number of aryl methyl sites for hydroxylation is 1. The summed E-state index contributed by atoms with van der Waals surface area (Å²) in [7, 11) is 1.45. The maximum absolute atomic E-state index is 13.2. The van der Waals surface area contributed by atoms with E-state index in [1.807, 2.05) is 0 Å². The Kier molecular flexibility index (Phi) is 5.52. The number of fused-ring (bicyclic) bond motifs is 1. The van der Waals surface area contributed by atoms with Crippen molar-refractivity contribution in [3.8, 4) is 5.75 Å². The van der Waals surface area contributed by atoms with Crippen LogP contribution in [0.2, 0.25) is 0 Å². The number of hydrogen-bond acceptors (Lipinski definition) is 6. The van der Waals surface area contributed by atoms with Gasteiger partial charge >= 0.3 is 5.69 Å². The number of pyridine rings is 1. The van der Waals surface area contributed by atoms with Gasteiger partial charge in [-0.2, -0.15) is 0 Å². The number of ether oxygens (including phenoxy) is 1. The molecule has 10 heteroatoms. The van der Waals surface area contributed by atoms with E-state index in [1.54, 1.807) is 31.2 Å². The zero-order chi connectivity index (χ0) is 23.0. The number of aromatic nitrogens is 3. The Morgan fingerprint density at radius 2 is 1.97 bits per heavy atom. The Hall–Kier alpha value is -3.95. The molecule has 0 spiro atoms. The zero-order valence-electron chi connectivity index (χ0n) is 17.9. The highest BCUT2D eigenvalue weighted by molar-refractivity contribution is 6.12. The van der Waals surface area contributed by atoms with E-state index in [4.69, 9.17) is 4.74 Å². The van der Waals surface area contributed by atoms with Gasteiger partial charge in [0.05, 0.1) is 23.7 Å². The van der Waals surface area contributed by atoms with Crippen LogP contribution in [-0.4, -0.2) is 33.5 Å². The fourth-order valence-electron chi connectivity index (χ4n) is 3.61. The molecule has 0 radical (unpaired) electrons. The first kappa shape index (κ1) is 21.3. The number of anilines is 2. The number of methoxy groups -OCH3 is 1. The Morgan fingerprint density at radius 1 is 1.22 bits per heavy atom. The predicted molar refractivity (Wildman–Crippen MR) is 120 cm³/mol. The molecule has 2 aromatic heterocycles. The third-order valence-corrected chi connectivity index (χ3v) is 5.30. The van der Waals surface area contributed by atoms with Crippen LogP contribution in [0, 0.1) is 0 Å². The van der Waals surface area contributed by atoms with Crippen LogP contribution < -0.4 is 26.6 Å². The Morgan fingerprint density at radius 3 is 2.59 bits per heavy atom. The van der Waals surface area contributed by atoms with Crippen LogP contribution in [0.15, 0.2) is 33.9 Å². The molecule has 3 N–H and O–H groups in total. The molecule has 10 nitrogen and oxygen atoms in total. The summed E-state index contributed by atoms with van der Waals surface area (Å²) in [5.74, 6) is -0.186. The molecule has 1 saturated carbocycles. The number of H-pyrrole nitrogens is 1. The van der Waals surface area contributed by atoms with E-state index in [9.17, 15) is 19.2 Å². The fraction of sp³-hybridized carbons (Fsp3) is 0.318. The minimum atomic E-state index is -0.659. The number of hydrogen-bond donors (Lipinski definition) is 3. The van der Waals surface area contributed by atoms with E-state index in [0.29, 0.717) is 29.4 Å². The predicted octanol–water partition coefficient (Wildman–Crippen LogP) is 2.20. The summed E-state index contributed by atoms with van der Waals surface area (Å²) in [4.78, 5) is 56.3. The molecule has 0 aliphatic heterocycles. The quantitative estimate of drug-likeness (QED) is 0.541. The summed E-state index contributed by atoms with van der Waals surface area (Å²) >= 11 is 0. The van der Waals surface area contributed by atoms with Crippen LogP contribution in [0.3, 0.4) is 0 Å². The van der Waals surface area contributed by atoms with Crippen molar-refractivity contribution in [2.75, 3.05) is 17.7 Å². The van der Waals surface area contributed by atoms with Crippen molar-refractivity contribution in [1.29, 1.82) is 0 Å². The molecule has 1 aliphatic carbocycles. The van der Waals surface area contributed by atoms with Crippen molar-refractivity contribution in [3.63, 3.8) is 0 Å². The molecule has 166 valence electrons. The molecular formula is C22H23N5O5. The Balaban J connectivity index is 1.79. The van der Waals surface area contributed by atoms with E-state index in [-0.39, 0.29) is 28.4 Å². The van der Waals surface area contributed by atoms with Crippen molar-refractivity contribution in [2.45, 2.75) is 39.2 Å². The van der Waals surface area contributed by atoms with Crippen LogP contribution in [0.1, 0.15) is 48.7 Å². The number of nitrogens with one attached hydrogen (secondary N) is 3. The maximum Gasteiger partial charge on any atom is 0.329 e. The van der Waals surface area contributed by atoms with Crippen LogP contribution >= 0.6 is 0 Å². The highest BCUT2D eigenvalue weighted by atomic mass is 16.5. The molecule has 0 bridgehead atoms. The van der Waals surface area contributed by atoms with Crippen LogP contribution in [0.5, 0.6) is 5.75 Å². The van der Waals surface area contributed by atoms with Crippen molar-refractivity contribution in [1.82, 2.24) is 14.5 Å². The number of carbonyl (C=O) groups is 2. The topological polar surface area (TPSA) is 135 Å². The number of aromatic amines is 1. The van der Waals surface area contributed by atoms with Gasteiger partial charge in [0.25, 0.3) is 11.5 Å². The van der Waals surface area contributed by atoms with Crippen LogP contribution in [-0.2, 0) is 11.3 Å². The van der Waals surface area contributed by atoms with Crippen molar-refractivity contribution in [3.05, 3.63) is 56.4 Å². The third kappa shape index (κ3) is 3.98. The van der Waals surface area contributed by atoms with Gasteiger partial charge in [0, 0.05) is 36.8 Å². The summed E-state index contributed by atoms with van der Waals surface area (Å²) in [6, 6.07) is 6.42.